The van der Waals surface area contributed by atoms with Crippen molar-refractivity contribution in [1.29, 1.82) is 0 Å². The van der Waals surface area contributed by atoms with E-state index in [4.69, 9.17) is 0 Å². The van der Waals surface area contributed by atoms with E-state index in [1.807, 2.05) is 17.8 Å². The average Bonchev–Trinajstić information content (AvgIpc) is 2.63. The molecule has 2 heterocycles. The standard InChI is InChI=1S/C13H13N3O2/c1-7(17)15-10-5-9-11-8(3-4-14-9)6-16(2)12(11)13(10)18/h5-6H,3-4H2,1-2H3,(H,15,17). The Balaban J connectivity index is 2.18. The molecule has 92 valence electrons. The number of aliphatic imine (C=N–C) groups is 1. The lowest BCUT2D eigenvalue weighted by atomic mass is 9.92. The number of allylic oxidation sites excluding steroid dienone is 2. The fourth-order valence-corrected chi connectivity index (χ4v) is 2.55. The molecule has 1 aromatic rings. The van der Waals surface area contributed by atoms with Gasteiger partial charge in [-0.2, -0.15) is 0 Å². The first kappa shape index (κ1) is 11.0. The lowest BCUT2D eigenvalue weighted by Gasteiger charge is -2.19. The molecule has 0 spiro atoms. The van der Waals surface area contributed by atoms with Crippen LogP contribution >= 0.6 is 0 Å². The third-order valence-electron chi connectivity index (χ3n) is 3.23. The normalized spacial score (nSPS) is 16.9. The quantitative estimate of drug-likeness (QED) is 0.784. The third-order valence-corrected chi connectivity index (χ3v) is 3.23. The van der Waals surface area contributed by atoms with Gasteiger partial charge in [0.15, 0.2) is 0 Å². The molecule has 0 unspecified atom stereocenters. The summed E-state index contributed by atoms with van der Waals surface area (Å²) >= 11 is 0. The predicted octanol–water partition coefficient (Wildman–Crippen LogP) is 0.587. The second-order valence-corrected chi connectivity index (χ2v) is 4.57. The van der Waals surface area contributed by atoms with Gasteiger partial charge in [0.05, 0.1) is 11.4 Å². The molecular weight excluding hydrogens is 230 g/mol. The summed E-state index contributed by atoms with van der Waals surface area (Å²) < 4.78 is 1.82. The number of amides is 1. The number of hydrogen-bond acceptors (Lipinski definition) is 3. The number of hydrogen-bond donors (Lipinski definition) is 1. The number of Topliss-reactive ketones (excluding diaryl/α,β-unsaturated/α-hetero) is 1. The van der Waals surface area contributed by atoms with E-state index in [0.29, 0.717) is 11.4 Å². The molecule has 0 fully saturated rings. The molecule has 1 aliphatic carbocycles. The first-order valence-electron chi connectivity index (χ1n) is 5.85. The highest BCUT2D eigenvalue weighted by molar-refractivity contribution is 6.27. The number of carbonyl (C=O) groups is 2. The molecule has 0 radical (unpaired) electrons. The molecule has 1 amide bonds. The van der Waals surface area contributed by atoms with Gasteiger partial charge in [-0.3, -0.25) is 14.6 Å². The third kappa shape index (κ3) is 1.44. The Hall–Kier alpha value is -2.17. The van der Waals surface area contributed by atoms with Gasteiger partial charge in [0.1, 0.15) is 5.69 Å². The van der Waals surface area contributed by atoms with E-state index in [-0.39, 0.29) is 11.7 Å². The number of ketones is 1. The van der Waals surface area contributed by atoms with Crippen LogP contribution in [0.25, 0.3) is 0 Å². The van der Waals surface area contributed by atoms with Crippen molar-refractivity contribution in [2.45, 2.75) is 13.3 Å². The Kier molecular flexibility index (Phi) is 2.23. The fraction of sp³-hybridized carbons (Fsp3) is 0.308. The first-order valence-corrected chi connectivity index (χ1v) is 5.85. The van der Waals surface area contributed by atoms with Crippen molar-refractivity contribution in [3.63, 3.8) is 0 Å². The molecule has 1 aliphatic heterocycles. The molecule has 0 saturated heterocycles. The van der Waals surface area contributed by atoms with Crippen LogP contribution in [0.2, 0.25) is 0 Å². The summed E-state index contributed by atoms with van der Waals surface area (Å²) in [5, 5.41) is 2.58. The summed E-state index contributed by atoms with van der Waals surface area (Å²) in [7, 11) is 1.85. The van der Waals surface area contributed by atoms with E-state index >= 15 is 0 Å². The second kappa shape index (κ2) is 3.66. The van der Waals surface area contributed by atoms with E-state index in [0.717, 1.165) is 29.8 Å². The van der Waals surface area contributed by atoms with Crippen LogP contribution in [0.15, 0.2) is 23.0 Å². The minimum absolute atomic E-state index is 0.144. The van der Waals surface area contributed by atoms with Crippen molar-refractivity contribution < 1.29 is 9.59 Å². The molecular formula is C13H13N3O2. The molecule has 0 saturated carbocycles. The lowest BCUT2D eigenvalue weighted by Crippen LogP contribution is -2.31. The molecule has 0 atom stereocenters. The number of aromatic nitrogens is 1. The maximum absolute atomic E-state index is 12.3. The summed E-state index contributed by atoms with van der Waals surface area (Å²) in [4.78, 5) is 27.9. The monoisotopic (exact) mass is 243 g/mol. The SMILES string of the molecule is CC(=O)NC1=CC2=NCCc3cn(C)c(c32)C1=O. The molecule has 2 aliphatic rings. The van der Waals surface area contributed by atoms with E-state index < -0.39 is 0 Å². The number of rotatable bonds is 1. The highest BCUT2D eigenvalue weighted by atomic mass is 16.2. The van der Waals surface area contributed by atoms with Gasteiger partial charge in [-0.15, -0.1) is 0 Å². The van der Waals surface area contributed by atoms with E-state index in [9.17, 15) is 9.59 Å². The summed E-state index contributed by atoms with van der Waals surface area (Å²) in [5.74, 6) is -0.390. The van der Waals surface area contributed by atoms with Gasteiger partial charge in [0.25, 0.3) is 0 Å². The summed E-state index contributed by atoms with van der Waals surface area (Å²) in [6.45, 7) is 2.12. The Bertz CT molecular complexity index is 635. The molecule has 1 N–H and O–H groups in total. The Morgan fingerprint density at radius 3 is 3.00 bits per heavy atom. The van der Waals surface area contributed by atoms with Gasteiger partial charge in [0.2, 0.25) is 11.7 Å². The largest absolute Gasteiger partial charge is 0.347 e. The molecule has 5 heteroatoms. The highest BCUT2D eigenvalue weighted by Crippen LogP contribution is 2.28. The van der Waals surface area contributed by atoms with E-state index in [1.165, 1.54) is 6.92 Å². The fourth-order valence-electron chi connectivity index (χ4n) is 2.55. The summed E-state index contributed by atoms with van der Waals surface area (Å²) in [5.41, 5.74) is 3.82. The van der Waals surface area contributed by atoms with Gasteiger partial charge >= 0.3 is 0 Å². The van der Waals surface area contributed by atoms with Crippen LogP contribution in [0.4, 0.5) is 0 Å². The van der Waals surface area contributed by atoms with Crippen molar-refractivity contribution in [3.8, 4) is 0 Å². The van der Waals surface area contributed by atoms with Crippen LogP contribution in [-0.4, -0.2) is 28.5 Å². The first-order chi connectivity index (χ1) is 8.58. The topological polar surface area (TPSA) is 63.5 Å². The van der Waals surface area contributed by atoms with Crippen LogP contribution in [0.3, 0.4) is 0 Å². The Morgan fingerprint density at radius 2 is 2.28 bits per heavy atom. The molecule has 18 heavy (non-hydrogen) atoms. The number of aryl methyl sites for hydroxylation is 1. The smallest absolute Gasteiger partial charge is 0.226 e. The number of nitrogens with zero attached hydrogens (tertiary/aromatic N) is 2. The zero-order valence-electron chi connectivity index (χ0n) is 10.3. The molecule has 0 bridgehead atoms. The zero-order valence-corrected chi connectivity index (χ0v) is 10.3. The van der Waals surface area contributed by atoms with E-state index in [1.54, 1.807) is 6.08 Å². The summed E-state index contributed by atoms with van der Waals surface area (Å²) in [6, 6.07) is 0. The predicted molar refractivity (Wildman–Crippen MR) is 66.8 cm³/mol. The minimum Gasteiger partial charge on any atom is -0.347 e. The highest BCUT2D eigenvalue weighted by Gasteiger charge is 2.31. The molecule has 5 nitrogen and oxygen atoms in total. The Labute approximate surface area is 104 Å². The minimum atomic E-state index is -0.246. The van der Waals surface area contributed by atoms with E-state index in [2.05, 4.69) is 10.3 Å². The second-order valence-electron chi connectivity index (χ2n) is 4.57. The van der Waals surface area contributed by atoms with Crippen LogP contribution in [0, 0.1) is 0 Å². The molecule has 0 aromatic carbocycles. The average molecular weight is 243 g/mol. The van der Waals surface area contributed by atoms with Crippen LogP contribution in [0.1, 0.15) is 28.5 Å². The van der Waals surface area contributed by atoms with Crippen LogP contribution < -0.4 is 5.32 Å². The van der Waals surface area contributed by atoms with Crippen molar-refractivity contribution in [3.05, 3.63) is 34.8 Å². The Morgan fingerprint density at radius 1 is 1.50 bits per heavy atom. The van der Waals surface area contributed by atoms with Crippen molar-refractivity contribution in [2.24, 2.45) is 12.0 Å². The van der Waals surface area contributed by atoms with Crippen LogP contribution in [-0.2, 0) is 18.3 Å². The number of nitrogens with one attached hydrogen (secondary N) is 1. The van der Waals surface area contributed by atoms with Gasteiger partial charge in [-0.1, -0.05) is 0 Å². The van der Waals surface area contributed by atoms with Crippen molar-refractivity contribution in [1.82, 2.24) is 9.88 Å². The summed E-state index contributed by atoms with van der Waals surface area (Å²) in [6.07, 6.45) is 4.51. The molecule has 1 aromatic heterocycles. The lowest BCUT2D eigenvalue weighted by molar-refractivity contribution is -0.118. The van der Waals surface area contributed by atoms with Gasteiger partial charge in [-0.05, 0) is 18.1 Å². The van der Waals surface area contributed by atoms with Crippen molar-refractivity contribution in [2.75, 3.05) is 6.54 Å². The zero-order chi connectivity index (χ0) is 12.9. The molecule has 3 rings (SSSR count). The number of carbonyl (C=O) groups excluding carboxylic acids is 2. The van der Waals surface area contributed by atoms with Gasteiger partial charge in [-0.25, -0.2) is 0 Å². The van der Waals surface area contributed by atoms with Gasteiger partial charge < -0.3 is 9.88 Å². The maximum atomic E-state index is 12.3. The van der Waals surface area contributed by atoms with Gasteiger partial charge in [0, 0.05) is 32.3 Å². The van der Waals surface area contributed by atoms with Crippen molar-refractivity contribution >= 4 is 17.4 Å². The van der Waals surface area contributed by atoms with Crippen LogP contribution in [0.5, 0.6) is 0 Å². The maximum Gasteiger partial charge on any atom is 0.226 e.